The number of aryl methyl sites for hydroxylation is 1. The van der Waals surface area contributed by atoms with Crippen LogP contribution < -0.4 is 20.7 Å². The number of fused-ring (bicyclic) bond motifs is 1. The summed E-state index contributed by atoms with van der Waals surface area (Å²) in [6, 6.07) is 6.36. The summed E-state index contributed by atoms with van der Waals surface area (Å²) in [6.45, 7) is 6.29. The van der Waals surface area contributed by atoms with Crippen molar-refractivity contribution in [2.45, 2.75) is 39.2 Å². The van der Waals surface area contributed by atoms with E-state index in [1.807, 2.05) is 18.2 Å². The zero-order valence-corrected chi connectivity index (χ0v) is 14.4. The molecule has 6 heteroatoms. The molecule has 1 aliphatic heterocycles. The zero-order valence-electron chi connectivity index (χ0n) is 14.4. The van der Waals surface area contributed by atoms with Crippen LogP contribution in [0.25, 0.3) is 0 Å². The maximum atomic E-state index is 11.4. The third kappa shape index (κ3) is 4.40. The smallest absolute Gasteiger partial charge is 0.224 e. The number of nitrogens with one attached hydrogen (secondary N) is 3. The average Bonchev–Trinajstić information content (AvgIpc) is 3.26. The van der Waals surface area contributed by atoms with E-state index in [0.29, 0.717) is 25.6 Å². The SMILES string of the molecule is CCNC(=NCCOc1ccc2c(c1)CCC(=O)N2)NC1CC1C. The molecule has 0 bridgehead atoms. The lowest BCUT2D eigenvalue weighted by Crippen LogP contribution is -2.39. The molecule has 24 heavy (non-hydrogen) atoms. The normalized spacial score (nSPS) is 22.4. The maximum Gasteiger partial charge on any atom is 0.224 e. The number of benzene rings is 1. The van der Waals surface area contributed by atoms with E-state index in [9.17, 15) is 4.79 Å². The largest absolute Gasteiger partial charge is 0.492 e. The molecule has 0 aromatic heterocycles. The van der Waals surface area contributed by atoms with Gasteiger partial charge in [-0.3, -0.25) is 4.79 Å². The number of aliphatic imine (C=N–C) groups is 1. The van der Waals surface area contributed by atoms with E-state index in [0.717, 1.165) is 41.8 Å². The maximum absolute atomic E-state index is 11.4. The topological polar surface area (TPSA) is 74.8 Å². The van der Waals surface area contributed by atoms with Crippen molar-refractivity contribution < 1.29 is 9.53 Å². The van der Waals surface area contributed by atoms with Crippen LogP contribution in [0, 0.1) is 5.92 Å². The van der Waals surface area contributed by atoms with Gasteiger partial charge in [0.15, 0.2) is 5.96 Å². The number of carbonyl (C=O) groups is 1. The highest BCUT2D eigenvalue weighted by Crippen LogP contribution is 2.29. The Morgan fingerprint density at radius 1 is 1.42 bits per heavy atom. The minimum absolute atomic E-state index is 0.0824. The Balaban J connectivity index is 1.48. The van der Waals surface area contributed by atoms with Crippen LogP contribution in [0.3, 0.4) is 0 Å². The summed E-state index contributed by atoms with van der Waals surface area (Å²) in [5.74, 6) is 2.51. The van der Waals surface area contributed by atoms with Gasteiger partial charge in [-0.05, 0) is 49.4 Å². The van der Waals surface area contributed by atoms with E-state index < -0.39 is 0 Å². The molecule has 3 rings (SSSR count). The monoisotopic (exact) mass is 330 g/mol. The van der Waals surface area contributed by atoms with E-state index in [-0.39, 0.29) is 5.91 Å². The van der Waals surface area contributed by atoms with Crippen molar-refractivity contribution in [1.82, 2.24) is 10.6 Å². The molecule has 1 aliphatic carbocycles. The Kier molecular flexibility index (Phi) is 5.23. The molecule has 0 saturated heterocycles. The Bertz CT molecular complexity index is 629. The van der Waals surface area contributed by atoms with Crippen molar-refractivity contribution in [3.05, 3.63) is 23.8 Å². The van der Waals surface area contributed by atoms with Gasteiger partial charge in [-0.15, -0.1) is 0 Å². The van der Waals surface area contributed by atoms with Gasteiger partial charge in [0.1, 0.15) is 12.4 Å². The summed E-state index contributed by atoms with van der Waals surface area (Å²) in [5.41, 5.74) is 2.03. The number of anilines is 1. The molecular formula is C18H26N4O2. The lowest BCUT2D eigenvalue weighted by molar-refractivity contribution is -0.116. The van der Waals surface area contributed by atoms with E-state index in [1.54, 1.807) is 0 Å². The van der Waals surface area contributed by atoms with Crippen molar-refractivity contribution in [3.63, 3.8) is 0 Å². The van der Waals surface area contributed by atoms with Crippen LogP contribution in [-0.4, -0.2) is 37.6 Å². The van der Waals surface area contributed by atoms with Gasteiger partial charge in [0.2, 0.25) is 5.91 Å². The lowest BCUT2D eigenvalue weighted by Gasteiger charge is -2.17. The van der Waals surface area contributed by atoms with Gasteiger partial charge >= 0.3 is 0 Å². The van der Waals surface area contributed by atoms with Crippen LogP contribution in [0.15, 0.2) is 23.2 Å². The molecule has 2 unspecified atom stereocenters. The quantitative estimate of drug-likeness (QED) is 0.423. The first-order valence-corrected chi connectivity index (χ1v) is 8.76. The number of guanidine groups is 1. The molecule has 1 fully saturated rings. The average molecular weight is 330 g/mol. The van der Waals surface area contributed by atoms with Crippen molar-refractivity contribution in [1.29, 1.82) is 0 Å². The summed E-state index contributed by atoms with van der Waals surface area (Å²) in [7, 11) is 0. The highest BCUT2D eigenvalue weighted by Gasteiger charge is 2.33. The molecule has 0 spiro atoms. The first-order chi connectivity index (χ1) is 11.7. The molecule has 1 amide bonds. The number of ether oxygens (including phenoxy) is 1. The number of carbonyl (C=O) groups excluding carboxylic acids is 1. The minimum Gasteiger partial charge on any atom is -0.492 e. The van der Waals surface area contributed by atoms with Gasteiger partial charge < -0.3 is 20.7 Å². The van der Waals surface area contributed by atoms with Crippen LogP contribution in [0.5, 0.6) is 5.75 Å². The van der Waals surface area contributed by atoms with E-state index in [2.05, 4.69) is 34.8 Å². The molecule has 6 nitrogen and oxygen atoms in total. The van der Waals surface area contributed by atoms with Crippen molar-refractivity contribution in [2.75, 3.05) is 25.0 Å². The second-order valence-corrected chi connectivity index (χ2v) is 6.44. The summed E-state index contributed by atoms with van der Waals surface area (Å²) in [4.78, 5) is 15.9. The molecule has 2 aliphatic rings. The van der Waals surface area contributed by atoms with E-state index in [4.69, 9.17) is 4.74 Å². The van der Waals surface area contributed by atoms with Crippen LogP contribution in [0.1, 0.15) is 32.3 Å². The first-order valence-electron chi connectivity index (χ1n) is 8.76. The van der Waals surface area contributed by atoms with Crippen molar-refractivity contribution >= 4 is 17.6 Å². The Labute approximate surface area is 143 Å². The lowest BCUT2D eigenvalue weighted by atomic mass is 10.0. The first kappa shape index (κ1) is 16.6. The molecule has 1 aromatic rings. The molecular weight excluding hydrogens is 304 g/mol. The second-order valence-electron chi connectivity index (χ2n) is 6.44. The highest BCUT2D eigenvalue weighted by atomic mass is 16.5. The predicted octanol–water partition coefficient (Wildman–Crippen LogP) is 1.91. The molecule has 3 N–H and O–H groups in total. The predicted molar refractivity (Wildman–Crippen MR) is 95.6 cm³/mol. The molecule has 2 atom stereocenters. The van der Waals surface area contributed by atoms with Crippen LogP contribution in [0.4, 0.5) is 5.69 Å². The van der Waals surface area contributed by atoms with E-state index in [1.165, 1.54) is 6.42 Å². The fourth-order valence-corrected chi connectivity index (χ4v) is 2.79. The Morgan fingerprint density at radius 3 is 3.00 bits per heavy atom. The van der Waals surface area contributed by atoms with Gasteiger partial charge in [-0.25, -0.2) is 4.99 Å². The third-order valence-electron chi connectivity index (χ3n) is 4.38. The highest BCUT2D eigenvalue weighted by molar-refractivity contribution is 5.94. The number of nitrogens with zero attached hydrogens (tertiary/aromatic N) is 1. The third-order valence-corrected chi connectivity index (χ3v) is 4.38. The summed E-state index contributed by atoms with van der Waals surface area (Å²) in [6.07, 6.45) is 2.52. The van der Waals surface area contributed by atoms with Gasteiger partial charge in [-0.2, -0.15) is 0 Å². The summed E-state index contributed by atoms with van der Waals surface area (Å²) < 4.78 is 5.79. The van der Waals surface area contributed by atoms with Gasteiger partial charge in [-0.1, -0.05) is 6.92 Å². The van der Waals surface area contributed by atoms with Gasteiger partial charge in [0.25, 0.3) is 0 Å². The Hall–Kier alpha value is -2.24. The molecule has 130 valence electrons. The van der Waals surface area contributed by atoms with Gasteiger partial charge in [0, 0.05) is 24.7 Å². The van der Waals surface area contributed by atoms with Crippen molar-refractivity contribution in [2.24, 2.45) is 10.9 Å². The number of hydrogen-bond acceptors (Lipinski definition) is 3. The standard InChI is InChI=1S/C18H26N4O2/c1-3-19-18(22-16-10-12(16)2)20-8-9-24-14-5-6-15-13(11-14)4-7-17(23)21-15/h5-6,11-12,16H,3-4,7-10H2,1-2H3,(H,21,23)(H2,19,20,22). The number of amides is 1. The fourth-order valence-electron chi connectivity index (χ4n) is 2.79. The number of hydrogen-bond donors (Lipinski definition) is 3. The molecule has 1 heterocycles. The summed E-state index contributed by atoms with van der Waals surface area (Å²) >= 11 is 0. The van der Waals surface area contributed by atoms with E-state index >= 15 is 0 Å². The van der Waals surface area contributed by atoms with Crippen LogP contribution in [0.2, 0.25) is 0 Å². The number of rotatable bonds is 6. The Morgan fingerprint density at radius 2 is 2.25 bits per heavy atom. The van der Waals surface area contributed by atoms with Crippen molar-refractivity contribution in [3.8, 4) is 5.75 Å². The van der Waals surface area contributed by atoms with Gasteiger partial charge in [0.05, 0.1) is 6.54 Å². The fraction of sp³-hybridized carbons (Fsp3) is 0.556. The molecule has 1 aromatic carbocycles. The zero-order chi connectivity index (χ0) is 16.9. The molecule has 1 saturated carbocycles. The van der Waals surface area contributed by atoms with Crippen LogP contribution >= 0.6 is 0 Å². The van der Waals surface area contributed by atoms with Crippen LogP contribution in [-0.2, 0) is 11.2 Å². The second kappa shape index (κ2) is 7.55. The summed E-state index contributed by atoms with van der Waals surface area (Å²) in [5, 5.41) is 9.57. The molecule has 0 radical (unpaired) electrons. The minimum atomic E-state index is 0.0824.